The minimum atomic E-state index is -0.229. The highest BCUT2D eigenvalue weighted by molar-refractivity contribution is 6.30. The molecule has 0 bridgehead atoms. The molecule has 2 aliphatic heterocycles. The molecule has 0 aromatic heterocycles. The van der Waals surface area contributed by atoms with Gasteiger partial charge in [-0.05, 0) is 55.5 Å². The van der Waals surface area contributed by atoms with Crippen molar-refractivity contribution >= 4 is 23.4 Å². The van der Waals surface area contributed by atoms with E-state index in [1.54, 1.807) is 24.3 Å². The van der Waals surface area contributed by atoms with E-state index in [9.17, 15) is 9.59 Å². The Bertz CT molecular complexity index is 927. The highest BCUT2D eigenvalue weighted by atomic mass is 35.5. The third kappa shape index (κ3) is 4.67. The maximum absolute atomic E-state index is 13.0. The van der Waals surface area contributed by atoms with Crippen LogP contribution in [-0.2, 0) is 4.79 Å². The second-order valence-electron chi connectivity index (χ2n) is 8.07. The first-order chi connectivity index (χ1) is 14.5. The molecule has 0 saturated carbocycles. The van der Waals surface area contributed by atoms with Gasteiger partial charge in [-0.25, -0.2) is 10.9 Å². The summed E-state index contributed by atoms with van der Waals surface area (Å²) in [4.78, 5) is 27.3. The Morgan fingerprint density at radius 2 is 1.83 bits per heavy atom. The molecule has 3 N–H and O–H groups in total. The number of aryl methyl sites for hydroxylation is 1. The Morgan fingerprint density at radius 1 is 1.07 bits per heavy atom. The number of carbonyl (C=O) groups is 2. The fourth-order valence-corrected chi connectivity index (χ4v) is 4.45. The van der Waals surface area contributed by atoms with Gasteiger partial charge in [0, 0.05) is 35.8 Å². The molecule has 2 fully saturated rings. The summed E-state index contributed by atoms with van der Waals surface area (Å²) in [6, 6.07) is 15.2. The van der Waals surface area contributed by atoms with Crippen LogP contribution in [0.15, 0.2) is 48.5 Å². The van der Waals surface area contributed by atoms with Crippen LogP contribution in [0.5, 0.6) is 0 Å². The van der Waals surface area contributed by atoms with E-state index in [0.29, 0.717) is 23.7 Å². The number of hydrogen-bond acceptors (Lipinski definition) is 4. The molecule has 2 amide bonds. The van der Waals surface area contributed by atoms with Crippen LogP contribution in [0.1, 0.15) is 46.8 Å². The lowest BCUT2D eigenvalue weighted by Gasteiger charge is -2.33. The number of piperidine rings is 1. The van der Waals surface area contributed by atoms with Crippen LogP contribution in [0, 0.1) is 6.92 Å². The van der Waals surface area contributed by atoms with E-state index < -0.39 is 0 Å². The van der Waals surface area contributed by atoms with Crippen molar-refractivity contribution in [1.82, 2.24) is 21.1 Å². The molecule has 6 nitrogen and oxygen atoms in total. The summed E-state index contributed by atoms with van der Waals surface area (Å²) in [5, 5.41) is 3.61. The van der Waals surface area contributed by atoms with Crippen molar-refractivity contribution in [3.05, 3.63) is 70.2 Å². The van der Waals surface area contributed by atoms with Crippen LogP contribution in [0.25, 0.3) is 0 Å². The number of nitrogens with one attached hydrogen (secondary N) is 3. The monoisotopic (exact) mass is 426 g/mol. The second-order valence-corrected chi connectivity index (χ2v) is 8.51. The normalized spacial score (nSPS) is 22.1. The van der Waals surface area contributed by atoms with E-state index in [4.69, 9.17) is 11.6 Å². The molecule has 2 saturated heterocycles. The molecule has 2 aliphatic rings. The number of halogens is 1. The summed E-state index contributed by atoms with van der Waals surface area (Å²) < 4.78 is 0. The van der Waals surface area contributed by atoms with E-state index in [-0.39, 0.29) is 29.9 Å². The summed E-state index contributed by atoms with van der Waals surface area (Å²) in [6.45, 7) is 3.38. The van der Waals surface area contributed by atoms with Gasteiger partial charge in [-0.2, -0.15) is 0 Å². The molecule has 2 unspecified atom stereocenters. The zero-order valence-corrected chi connectivity index (χ0v) is 17.8. The molecular weight excluding hydrogens is 400 g/mol. The first kappa shape index (κ1) is 20.8. The molecule has 0 aliphatic carbocycles. The van der Waals surface area contributed by atoms with Crippen molar-refractivity contribution in [3.63, 3.8) is 0 Å². The molecular formula is C23H27ClN4O2. The third-order valence-corrected chi connectivity index (χ3v) is 6.23. The number of carbonyl (C=O) groups excluding carboxylic acids is 2. The number of hydrazine groups is 1. The maximum Gasteiger partial charge on any atom is 0.251 e. The largest absolute Gasteiger partial charge is 0.349 e. The fraction of sp³-hybridized carbons (Fsp3) is 0.391. The minimum Gasteiger partial charge on any atom is -0.349 e. The van der Waals surface area contributed by atoms with Crippen LogP contribution in [-0.4, -0.2) is 41.9 Å². The standard InChI is InChI=1S/C23H27ClN4O2/c1-15-5-2-3-8-19(15)20-14-21(27-26-20)23(30)28-11-9-18(10-12-28)25-22(29)16-6-4-7-17(24)13-16/h2-8,13,18,20-21,26-27H,9-12,14H2,1H3,(H,25,29). The van der Waals surface area contributed by atoms with Gasteiger partial charge in [-0.3, -0.25) is 9.59 Å². The van der Waals surface area contributed by atoms with Crippen LogP contribution in [0.2, 0.25) is 5.02 Å². The van der Waals surface area contributed by atoms with Crippen molar-refractivity contribution in [1.29, 1.82) is 0 Å². The maximum atomic E-state index is 13.0. The predicted octanol–water partition coefficient (Wildman–Crippen LogP) is 2.98. The minimum absolute atomic E-state index is 0.0647. The highest BCUT2D eigenvalue weighted by Crippen LogP contribution is 2.26. The summed E-state index contributed by atoms with van der Waals surface area (Å²) in [6.07, 6.45) is 2.23. The van der Waals surface area contributed by atoms with E-state index in [0.717, 1.165) is 19.3 Å². The zero-order valence-electron chi connectivity index (χ0n) is 17.0. The number of amides is 2. The number of hydrogen-bond donors (Lipinski definition) is 3. The van der Waals surface area contributed by atoms with E-state index in [1.165, 1.54) is 11.1 Å². The number of likely N-dealkylation sites (tertiary alicyclic amines) is 1. The lowest BCUT2D eigenvalue weighted by molar-refractivity contribution is -0.134. The lowest BCUT2D eigenvalue weighted by Crippen LogP contribution is -2.51. The topological polar surface area (TPSA) is 73.5 Å². The highest BCUT2D eigenvalue weighted by Gasteiger charge is 2.34. The molecule has 7 heteroatoms. The van der Waals surface area contributed by atoms with Crippen molar-refractivity contribution in [2.75, 3.05) is 13.1 Å². The lowest BCUT2D eigenvalue weighted by atomic mass is 9.97. The Balaban J connectivity index is 1.27. The van der Waals surface area contributed by atoms with Gasteiger partial charge in [0.1, 0.15) is 6.04 Å². The first-order valence-electron chi connectivity index (χ1n) is 10.4. The Hall–Kier alpha value is -2.41. The summed E-state index contributed by atoms with van der Waals surface area (Å²) >= 11 is 5.97. The Labute approximate surface area is 181 Å². The molecule has 2 atom stereocenters. The van der Waals surface area contributed by atoms with Crippen LogP contribution >= 0.6 is 11.6 Å². The van der Waals surface area contributed by atoms with Crippen LogP contribution in [0.3, 0.4) is 0 Å². The molecule has 4 rings (SSSR count). The van der Waals surface area contributed by atoms with E-state index >= 15 is 0 Å². The van der Waals surface area contributed by atoms with E-state index in [1.807, 2.05) is 17.0 Å². The number of benzene rings is 2. The smallest absolute Gasteiger partial charge is 0.251 e. The summed E-state index contributed by atoms with van der Waals surface area (Å²) in [5.74, 6) is 0.00297. The molecule has 30 heavy (non-hydrogen) atoms. The van der Waals surface area contributed by atoms with Gasteiger partial charge >= 0.3 is 0 Å². The first-order valence-corrected chi connectivity index (χ1v) is 10.8. The number of nitrogens with zero attached hydrogens (tertiary/aromatic N) is 1. The molecule has 0 radical (unpaired) electrons. The average molecular weight is 427 g/mol. The van der Waals surface area contributed by atoms with Crippen molar-refractivity contribution in [2.45, 2.75) is 44.3 Å². The molecule has 2 aromatic carbocycles. The van der Waals surface area contributed by atoms with Gasteiger partial charge < -0.3 is 10.2 Å². The van der Waals surface area contributed by atoms with Crippen molar-refractivity contribution < 1.29 is 9.59 Å². The predicted molar refractivity (Wildman–Crippen MR) is 117 cm³/mol. The van der Waals surface area contributed by atoms with Gasteiger partial charge in [0.15, 0.2) is 0 Å². The van der Waals surface area contributed by atoms with Gasteiger partial charge in [0.25, 0.3) is 5.91 Å². The van der Waals surface area contributed by atoms with Crippen molar-refractivity contribution in [3.8, 4) is 0 Å². The molecule has 2 heterocycles. The van der Waals surface area contributed by atoms with Crippen LogP contribution < -0.4 is 16.2 Å². The Morgan fingerprint density at radius 3 is 2.57 bits per heavy atom. The third-order valence-electron chi connectivity index (χ3n) is 5.99. The zero-order chi connectivity index (χ0) is 21.1. The quantitative estimate of drug-likeness (QED) is 0.702. The average Bonchev–Trinajstić information content (AvgIpc) is 3.24. The SMILES string of the molecule is Cc1ccccc1C1CC(C(=O)N2CCC(NC(=O)c3cccc(Cl)c3)CC2)NN1. The Kier molecular flexibility index (Phi) is 6.37. The van der Waals surface area contributed by atoms with Gasteiger partial charge in [0.2, 0.25) is 5.91 Å². The van der Waals surface area contributed by atoms with Gasteiger partial charge in [-0.15, -0.1) is 0 Å². The van der Waals surface area contributed by atoms with E-state index in [2.05, 4.69) is 35.2 Å². The van der Waals surface area contributed by atoms with Gasteiger partial charge in [-0.1, -0.05) is 41.9 Å². The van der Waals surface area contributed by atoms with Crippen LogP contribution in [0.4, 0.5) is 0 Å². The fourth-order valence-electron chi connectivity index (χ4n) is 4.26. The molecule has 0 spiro atoms. The van der Waals surface area contributed by atoms with Crippen molar-refractivity contribution in [2.24, 2.45) is 0 Å². The summed E-state index contributed by atoms with van der Waals surface area (Å²) in [7, 11) is 0. The van der Waals surface area contributed by atoms with Gasteiger partial charge in [0.05, 0.1) is 0 Å². The molecule has 2 aromatic rings. The number of rotatable bonds is 4. The summed E-state index contributed by atoms with van der Waals surface area (Å²) in [5.41, 5.74) is 9.46. The second kappa shape index (κ2) is 9.16. The molecule has 158 valence electrons.